The summed E-state index contributed by atoms with van der Waals surface area (Å²) in [7, 11) is 0. The van der Waals surface area contributed by atoms with Crippen LogP contribution in [0.5, 0.6) is 0 Å². The molecule has 2 aromatic heterocycles. The average Bonchev–Trinajstić information content (AvgIpc) is 3.40. The van der Waals surface area contributed by atoms with Gasteiger partial charge in [-0.05, 0) is 74.4 Å². The zero-order valence-electron chi connectivity index (χ0n) is 19.3. The van der Waals surface area contributed by atoms with Crippen molar-refractivity contribution in [2.24, 2.45) is 0 Å². The van der Waals surface area contributed by atoms with Crippen LogP contribution in [0.1, 0.15) is 59.5 Å². The van der Waals surface area contributed by atoms with Crippen molar-refractivity contribution in [1.82, 2.24) is 14.8 Å². The maximum atomic E-state index is 14.3. The molecule has 0 spiro atoms. The Morgan fingerprint density at radius 1 is 1.18 bits per heavy atom. The molecule has 1 aliphatic heterocycles. The van der Waals surface area contributed by atoms with Gasteiger partial charge in [0.25, 0.3) is 0 Å². The van der Waals surface area contributed by atoms with Gasteiger partial charge in [0.1, 0.15) is 22.7 Å². The molecule has 34 heavy (non-hydrogen) atoms. The molecule has 0 fully saturated rings. The van der Waals surface area contributed by atoms with Gasteiger partial charge < -0.3 is 19.5 Å². The largest absolute Gasteiger partial charge is 0.382 e. The van der Waals surface area contributed by atoms with Gasteiger partial charge in [-0.25, -0.2) is 13.6 Å². The van der Waals surface area contributed by atoms with Crippen LogP contribution in [0.15, 0.2) is 36.5 Å². The fourth-order valence-electron chi connectivity index (χ4n) is 5.09. The summed E-state index contributed by atoms with van der Waals surface area (Å²) in [5.41, 5.74) is 3.74. The van der Waals surface area contributed by atoms with Crippen LogP contribution < -0.4 is 5.32 Å². The number of nitrogens with zero attached hydrogens (tertiary/aromatic N) is 2. The van der Waals surface area contributed by atoms with Crippen molar-refractivity contribution in [2.45, 2.75) is 51.6 Å². The number of hydrogen-bond acceptors (Lipinski definition) is 3. The lowest BCUT2D eigenvalue weighted by atomic mass is 9.95. The third kappa shape index (κ3) is 4.36. The SMILES string of the molecule is CCOCCCNC(=O)N1Cc2c(sc3c2CCCC3)-n2cccc2C1c1cc(F)cc(F)c1. The lowest BCUT2D eigenvalue weighted by molar-refractivity contribution is 0.143. The molecule has 0 radical (unpaired) electrons. The molecule has 1 N–H and O–H groups in total. The first kappa shape index (κ1) is 23.1. The number of carbonyl (C=O) groups excluding carboxylic acids is 1. The number of thiophene rings is 1. The maximum absolute atomic E-state index is 14.3. The molecule has 0 saturated heterocycles. The van der Waals surface area contributed by atoms with E-state index in [1.807, 2.05) is 25.3 Å². The number of carbonyl (C=O) groups is 1. The number of aryl methyl sites for hydroxylation is 1. The minimum atomic E-state index is -0.651. The smallest absolute Gasteiger partial charge is 0.318 e. The highest BCUT2D eigenvalue weighted by atomic mass is 32.1. The summed E-state index contributed by atoms with van der Waals surface area (Å²) in [6.07, 6.45) is 7.06. The third-order valence-electron chi connectivity index (χ3n) is 6.59. The number of aromatic nitrogens is 1. The monoisotopic (exact) mass is 485 g/mol. The number of hydrogen-bond donors (Lipinski definition) is 1. The molecular formula is C26H29F2N3O2S. The summed E-state index contributed by atoms with van der Waals surface area (Å²) >= 11 is 1.78. The number of nitrogens with one attached hydrogen (secondary N) is 1. The second-order valence-corrected chi connectivity index (χ2v) is 9.90. The van der Waals surface area contributed by atoms with E-state index in [4.69, 9.17) is 4.74 Å². The Kier molecular flexibility index (Phi) is 6.70. The van der Waals surface area contributed by atoms with Gasteiger partial charge >= 0.3 is 6.03 Å². The van der Waals surface area contributed by atoms with Gasteiger partial charge in [-0.15, -0.1) is 11.3 Å². The number of benzene rings is 1. The van der Waals surface area contributed by atoms with Crippen LogP contribution in [0, 0.1) is 11.6 Å². The minimum absolute atomic E-state index is 0.248. The molecule has 8 heteroatoms. The molecule has 1 unspecified atom stereocenters. The number of rotatable bonds is 6. The van der Waals surface area contributed by atoms with Gasteiger partial charge in [0.15, 0.2) is 0 Å². The average molecular weight is 486 g/mol. The quantitative estimate of drug-likeness (QED) is 0.453. The number of halogens is 2. The molecule has 3 heterocycles. The van der Waals surface area contributed by atoms with E-state index in [-0.39, 0.29) is 6.03 Å². The predicted molar refractivity (Wildman–Crippen MR) is 129 cm³/mol. The summed E-state index contributed by atoms with van der Waals surface area (Å²) in [5, 5.41) is 4.12. The van der Waals surface area contributed by atoms with E-state index >= 15 is 0 Å². The van der Waals surface area contributed by atoms with Gasteiger partial charge in [0.05, 0.1) is 12.2 Å². The van der Waals surface area contributed by atoms with Crippen molar-refractivity contribution < 1.29 is 18.3 Å². The number of urea groups is 1. The number of amides is 2. The fourth-order valence-corrected chi connectivity index (χ4v) is 6.49. The van der Waals surface area contributed by atoms with Gasteiger partial charge in [-0.1, -0.05) is 0 Å². The van der Waals surface area contributed by atoms with Gasteiger partial charge in [-0.3, -0.25) is 0 Å². The van der Waals surface area contributed by atoms with Crippen molar-refractivity contribution in [2.75, 3.05) is 19.8 Å². The normalized spacial score (nSPS) is 17.0. The highest BCUT2D eigenvalue weighted by Gasteiger charge is 2.36. The molecule has 2 amide bonds. The van der Waals surface area contributed by atoms with Crippen LogP contribution in [-0.2, 0) is 24.1 Å². The summed E-state index contributed by atoms with van der Waals surface area (Å²) in [6, 6.07) is 6.53. The first-order valence-electron chi connectivity index (χ1n) is 12.0. The molecule has 180 valence electrons. The van der Waals surface area contributed by atoms with Crippen LogP contribution in [-0.4, -0.2) is 35.3 Å². The molecule has 0 saturated carbocycles. The second kappa shape index (κ2) is 9.88. The van der Waals surface area contributed by atoms with E-state index in [0.29, 0.717) is 38.3 Å². The second-order valence-electron chi connectivity index (χ2n) is 8.81. The fraction of sp³-hybridized carbons (Fsp3) is 0.423. The van der Waals surface area contributed by atoms with E-state index < -0.39 is 17.7 Å². The Hall–Kier alpha value is -2.71. The maximum Gasteiger partial charge on any atom is 0.318 e. The Balaban J connectivity index is 1.57. The minimum Gasteiger partial charge on any atom is -0.382 e. The number of ether oxygens (including phenoxy) is 1. The van der Waals surface area contributed by atoms with E-state index in [1.54, 1.807) is 16.2 Å². The molecule has 1 atom stereocenters. The molecule has 0 bridgehead atoms. The van der Waals surface area contributed by atoms with Crippen LogP contribution in [0.2, 0.25) is 0 Å². The summed E-state index contributed by atoms with van der Waals surface area (Å²) in [5.74, 6) is -1.30. The van der Waals surface area contributed by atoms with Crippen LogP contribution in [0.25, 0.3) is 5.00 Å². The zero-order chi connectivity index (χ0) is 23.7. The van der Waals surface area contributed by atoms with E-state index in [1.165, 1.54) is 29.0 Å². The third-order valence-corrected chi connectivity index (χ3v) is 7.92. The summed E-state index contributed by atoms with van der Waals surface area (Å²) in [4.78, 5) is 16.7. The van der Waals surface area contributed by atoms with Crippen molar-refractivity contribution in [3.05, 3.63) is 75.4 Å². The van der Waals surface area contributed by atoms with Gasteiger partial charge in [-0.2, -0.15) is 0 Å². The van der Waals surface area contributed by atoms with Gasteiger partial charge in [0.2, 0.25) is 0 Å². The lowest BCUT2D eigenvalue weighted by Gasteiger charge is -2.31. The number of fused-ring (bicyclic) bond motifs is 5. The first-order chi connectivity index (χ1) is 16.6. The van der Waals surface area contributed by atoms with Crippen LogP contribution in [0.4, 0.5) is 13.6 Å². The van der Waals surface area contributed by atoms with Crippen molar-refractivity contribution in [3.63, 3.8) is 0 Å². The Morgan fingerprint density at radius 3 is 2.76 bits per heavy atom. The molecule has 5 nitrogen and oxygen atoms in total. The Morgan fingerprint density at radius 2 is 1.97 bits per heavy atom. The first-order valence-corrected chi connectivity index (χ1v) is 12.8. The lowest BCUT2D eigenvalue weighted by Crippen LogP contribution is -2.42. The standard InChI is InChI=1S/C26H29F2N3O2S/c1-2-33-12-6-10-29-26(32)31-16-21-20-7-3-4-9-23(20)34-25(21)30-11-5-8-22(30)24(31)17-13-18(27)15-19(28)14-17/h5,8,11,13-15,24H,2-4,6-7,9-10,12,16H2,1H3,(H,29,32). The zero-order valence-corrected chi connectivity index (χ0v) is 20.1. The predicted octanol–water partition coefficient (Wildman–Crippen LogP) is 5.74. The summed E-state index contributed by atoms with van der Waals surface area (Å²) < 4.78 is 36.1. The van der Waals surface area contributed by atoms with E-state index in [0.717, 1.165) is 41.6 Å². The summed E-state index contributed by atoms with van der Waals surface area (Å²) in [6.45, 7) is 4.00. The Labute approximate surface area is 202 Å². The highest BCUT2D eigenvalue weighted by Crippen LogP contribution is 2.44. The molecule has 5 rings (SSSR count). The molecular weight excluding hydrogens is 456 g/mol. The molecule has 2 aliphatic rings. The van der Waals surface area contributed by atoms with E-state index in [2.05, 4.69) is 9.88 Å². The molecule has 1 aromatic carbocycles. The topological polar surface area (TPSA) is 46.5 Å². The van der Waals surface area contributed by atoms with Crippen LogP contribution in [0.3, 0.4) is 0 Å². The van der Waals surface area contributed by atoms with Gasteiger partial charge in [0, 0.05) is 42.5 Å². The molecule has 3 aromatic rings. The highest BCUT2D eigenvalue weighted by molar-refractivity contribution is 7.15. The van der Waals surface area contributed by atoms with Crippen molar-refractivity contribution in [1.29, 1.82) is 0 Å². The van der Waals surface area contributed by atoms with Crippen LogP contribution >= 0.6 is 11.3 Å². The Bertz CT molecular complexity index is 1170. The molecule has 1 aliphatic carbocycles. The van der Waals surface area contributed by atoms with E-state index in [9.17, 15) is 13.6 Å². The van der Waals surface area contributed by atoms with Crippen molar-refractivity contribution >= 4 is 17.4 Å². The van der Waals surface area contributed by atoms with Crippen molar-refractivity contribution in [3.8, 4) is 5.00 Å².